The second kappa shape index (κ2) is 5.70. The van der Waals surface area contributed by atoms with Crippen LogP contribution >= 0.6 is 0 Å². The molecule has 0 aliphatic carbocycles. The molecule has 0 saturated carbocycles. The molecule has 1 aliphatic heterocycles. The maximum Gasteiger partial charge on any atom is 0.123 e. The van der Waals surface area contributed by atoms with Crippen molar-refractivity contribution in [2.45, 2.75) is 45.3 Å². The number of ether oxygens (including phenoxy) is 1. The smallest absolute Gasteiger partial charge is 0.123 e. The minimum Gasteiger partial charge on any atom is -0.490 e. The van der Waals surface area contributed by atoms with Crippen LogP contribution < -0.4 is 10.1 Å². The lowest BCUT2D eigenvalue weighted by Gasteiger charge is -2.19. The minimum atomic E-state index is -0.171. The molecule has 0 amide bonds. The van der Waals surface area contributed by atoms with Gasteiger partial charge in [0.1, 0.15) is 17.7 Å². The van der Waals surface area contributed by atoms with Gasteiger partial charge in [0.2, 0.25) is 0 Å². The first-order chi connectivity index (χ1) is 8.58. The van der Waals surface area contributed by atoms with Gasteiger partial charge in [0, 0.05) is 18.0 Å². The lowest BCUT2D eigenvalue weighted by atomic mass is 9.94. The first-order valence-corrected chi connectivity index (χ1v) is 6.71. The quantitative estimate of drug-likeness (QED) is 0.868. The number of fused-ring (bicyclic) bond motifs is 1. The van der Waals surface area contributed by atoms with Crippen molar-refractivity contribution >= 4 is 0 Å². The Morgan fingerprint density at radius 3 is 2.94 bits per heavy atom. The van der Waals surface area contributed by atoms with E-state index in [9.17, 15) is 4.39 Å². The molecule has 2 rings (SSSR count). The first-order valence-electron chi connectivity index (χ1n) is 6.71. The highest BCUT2D eigenvalue weighted by molar-refractivity contribution is 5.37. The maximum absolute atomic E-state index is 13.1. The number of hydrogen-bond donors (Lipinski definition) is 1. The van der Waals surface area contributed by atoms with E-state index >= 15 is 0 Å². The van der Waals surface area contributed by atoms with Crippen molar-refractivity contribution in [1.82, 2.24) is 5.32 Å². The van der Waals surface area contributed by atoms with Crippen LogP contribution in [0, 0.1) is 11.7 Å². The molecule has 0 spiro atoms. The van der Waals surface area contributed by atoms with E-state index < -0.39 is 0 Å². The van der Waals surface area contributed by atoms with E-state index in [0.29, 0.717) is 12.0 Å². The van der Waals surface area contributed by atoms with Crippen molar-refractivity contribution in [3.8, 4) is 5.75 Å². The molecular formula is C15H22FNO. The van der Waals surface area contributed by atoms with Gasteiger partial charge < -0.3 is 10.1 Å². The van der Waals surface area contributed by atoms with Crippen molar-refractivity contribution in [2.75, 3.05) is 7.05 Å². The summed E-state index contributed by atoms with van der Waals surface area (Å²) < 4.78 is 19.0. The van der Waals surface area contributed by atoms with Crippen LogP contribution in [0.5, 0.6) is 5.75 Å². The average Bonchev–Trinajstić information content (AvgIpc) is 2.69. The topological polar surface area (TPSA) is 21.3 Å². The van der Waals surface area contributed by atoms with E-state index in [1.807, 2.05) is 7.05 Å². The summed E-state index contributed by atoms with van der Waals surface area (Å²) in [6, 6.07) is 5.33. The van der Waals surface area contributed by atoms with E-state index in [1.54, 1.807) is 12.1 Å². The number of halogens is 1. The average molecular weight is 251 g/mol. The Balaban J connectivity index is 1.87. The van der Waals surface area contributed by atoms with Crippen LogP contribution in [0.15, 0.2) is 18.2 Å². The van der Waals surface area contributed by atoms with Crippen LogP contribution in [-0.2, 0) is 6.42 Å². The zero-order valence-corrected chi connectivity index (χ0v) is 11.4. The zero-order chi connectivity index (χ0) is 13.1. The third-order valence-corrected chi connectivity index (χ3v) is 3.68. The van der Waals surface area contributed by atoms with Gasteiger partial charge in [-0.05, 0) is 50.9 Å². The second-order valence-electron chi connectivity index (χ2n) is 5.46. The molecule has 0 bridgehead atoms. The molecule has 3 heteroatoms. The third kappa shape index (κ3) is 3.22. The van der Waals surface area contributed by atoms with Gasteiger partial charge in [-0.3, -0.25) is 0 Å². The molecule has 0 aromatic heterocycles. The fraction of sp³-hybridized carbons (Fsp3) is 0.600. The molecule has 18 heavy (non-hydrogen) atoms. The van der Waals surface area contributed by atoms with Gasteiger partial charge in [-0.15, -0.1) is 0 Å². The Bertz CT molecular complexity index is 407. The summed E-state index contributed by atoms with van der Waals surface area (Å²) in [5, 5.41) is 3.25. The van der Waals surface area contributed by atoms with E-state index in [1.165, 1.54) is 6.07 Å². The van der Waals surface area contributed by atoms with Gasteiger partial charge in [0.05, 0.1) is 0 Å². The highest BCUT2D eigenvalue weighted by Gasteiger charge is 2.25. The van der Waals surface area contributed by atoms with Crippen molar-refractivity contribution in [3.05, 3.63) is 29.6 Å². The Labute approximate surface area is 109 Å². The minimum absolute atomic E-state index is 0.171. The zero-order valence-electron chi connectivity index (χ0n) is 11.4. The van der Waals surface area contributed by atoms with E-state index in [0.717, 1.165) is 30.6 Å². The third-order valence-electron chi connectivity index (χ3n) is 3.68. The summed E-state index contributed by atoms with van der Waals surface area (Å²) >= 11 is 0. The molecule has 1 heterocycles. The van der Waals surface area contributed by atoms with Gasteiger partial charge in [0.15, 0.2) is 0 Å². The Kier molecular flexibility index (Phi) is 4.23. The van der Waals surface area contributed by atoms with Gasteiger partial charge >= 0.3 is 0 Å². The maximum atomic E-state index is 13.1. The SMILES string of the molecule is CNC(C)CC(C)CC1Cc2cc(F)ccc2O1. The Hall–Kier alpha value is -1.09. The standard InChI is InChI=1S/C15H22FNO/c1-10(6-11(2)17-3)7-14-9-12-8-13(16)4-5-15(12)18-14/h4-5,8,10-11,14,17H,6-7,9H2,1-3H3. The normalized spacial score (nSPS) is 21.2. The molecular weight excluding hydrogens is 229 g/mol. The summed E-state index contributed by atoms with van der Waals surface area (Å²) in [7, 11) is 1.99. The molecule has 0 radical (unpaired) electrons. The van der Waals surface area contributed by atoms with Crippen molar-refractivity contribution in [2.24, 2.45) is 5.92 Å². The van der Waals surface area contributed by atoms with Gasteiger partial charge in [-0.2, -0.15) is 0 Å². The lowest BCUT2D eigenvalue weighted by molar-refractivity contribution is 0.191. The molecule has 0 saturated heterocycles. The van der Waals surface area contributed by atoms with Crippen LogP contribution in [-0.4, -0.2) is 19.2 Å². The molecule has 2 nitrogen and oxygen atoms in total. The van der Waals surface area contributed by atoms with Crippen molar-refractivity contribution < 1.29 is 9.13 Å². The van der Waals surface area contributed by atoms with Gasteiger partial charge in [-0.25, -0.2) is 4.39 Å². The predicted octanol–water partition coefficient (Wildman–Crippen LogP) is 3.15. The number of benzene rings is 1. The molecule has 1 aliphatic rings. The van der Waals surface area contributed by atoms with E-state index in [2.05, 4.69) is 19.2 Å². The highest BCUT2D eigenvalue weighted by atomic mass is 19.1. The Morgan fingerprint density at radius 2 is 2.22 bits per heavy atom. The molecule has 1 N–H and O–H groups in total. The van der Waals surface area contributed by atoms with Crippen LogP contribution in [0.3, 0.4) is 0 Å². The van der Waals surface area contributed by atoms with E-state index in [-0.39, 0.29) is 11.9 Å². The number of nitrogens with one attached hydrogen (secondary N) is 1. The van der Waals surface area contributed by atoms with Gasteiger partial charge in [-0.1, -0.05) is 6.92 Å². The second-order valence-corrected chi connectivity index (χ2v) is 5.46. The van der Waals surface area contributed by atoms with Crippen LogP contribution in [0.1, 0.15) is 32.3 Å². The largest absolute Gasteiger partial charge is 0.490 e. The fourth-order valence-corrected chi connectivity index (χ4v) is 2.69. The molecule has 1 aromatic carbocycles. The molecule has 3 atom stereocenters. The lowest BCUT2D eigenvalue weighted by Crippen LogP contribution is -2.26. The molecule has 3 unspecified atom stereocenters. The molecule has 0 fully saturated rings. The Morgan fingerprint density at radius 1 is 1.44 bits per heavy atom. The summed E-state index contributed by atoms with van der Waals surface area (Å²) in [6.45, 7) is 4.44. The molecule has 1 aromatic rings. The van der Waals surface area contributed by atoms with Crippen molar-refractivity contribution in [1.29, 1.82) is 0 Å². The van der Waals surface area contributed by atoms with Crippen molar-refractivity contribution in [3.63, 3.8) is 0 Å². The summed E-state index contributed by atoms with van der Waals surface area (Å²) in [6.07, 6.45) is 3.22. The molecule has 100 valence electrons. The predicted molar refractivity (Wildman–Crippen MR) is 71.4 cm³/mol. The first kappa shape index (κ1) is 13.3. The van der Waals surface area contributed by atoms with Gasteiger partial charge in [0.25, 0.3) is 0 Å². The van der Waals surface area contributed by atoms with Crippen LogP contribution in [0.2, 0.25) is 0 Å². The monoisotopic (exact) mass is 251 g/mol. The van der Waals surface area contributed by atoms with Crippen LogP contribution in [0.4, 0.5) is 4.39 Å². The summed E-state index contributed by atoms with van der Waals surface area (Å²) in [5.74, 6) is 1.29. The highest BCUT2D eigenvalue weighted by Crippen LogP contribution is 2.32. The summed E-state index contributed by atoms with van der Waals surface area (Å²) in [4.78, 5) is 0. The number of hydrogen-bond acceptors (Lipinski definition) is 2. The summed E-state index contributed by atoms with van der Waals surface area (Å²) in [5.41, 5.74) is 1.01. The number of rotatable bonds is 5. The van der Waals surface area contributed by atoms with Crippen LogP contribution in [0.25, 0.3) is 0 Å². The van der Waals surface area contributed by atoms with E-state index in [4.69, 9.17) is 4.74 Å². The fourth-order valence-electron chi connectivity index (χ4n) is 2.69.